The highest BCUT2D eigenvalue weighted by molar-refractivity contribution is 6.35. The molecule has 0 atom stereocenters. The van der Waals surface area contributed by atoms with E-state index in [9.17, 15) is 29.4 Å². The van der Waals surface area contributed by atoms with Crippen LogP contribution in [0.4, 0.5) is 5.69 Å². The Balaban J connectivity index is 1.28. The van der Waals surface area contributed by atoms with Gasteiger partial charge >= 0.3 is 0 Å². The van der Waals surface area contributed by atoms with Crippen molar-refractivity contribution >= 4 is 29.3 Å². The second-order valence-electron chi connectivity index (χ2n) is 9.34. The molecular formula is C30H20N2O7. The molecule has 2 aliphatic heterocycles. The van der Waals surface area contributed by atoms with Crippen molar-refractivity contribution in [2.24, 2.45) is 0 Å². The first kappa shape index (κ1) is 23.9. The number of phenols is 2. The number of hydrogen-bond acceptors (Lipinski definition) is 7. The van der Waals surface area contributed by atoms with Crippen LogP contribution in [-0.2, 0) is 0 Å². The zero-order chi connectivity index (χ0) is 27.6. The van der Waals surface area contributed by atoms with Gasteiger partial charge in [-0.25, -0.2) is 4.90 Å². The van der Waals surface area contributed by atoms with Crippen molar-refractivity contribution < 1.29 is 34.1 Å². The molecule has 0 fully saturated rings. The highest BCUT2D eigenvalue weighted by Crippen LogP contribution is 2.39. The molecule has 2 heterocycles. The zero-order valence-electron chi connectivity index (χ0n) is 20.8. The number of amides is 4. The molecule has 0 aliphatic carbocycles. The van der Waals surface area contributed by atoms with E-state index < -0.39 is 23.6 Å². The number of carbonyl (C=O) groups excluding carboxylic acids is 4. The van der Waals surface area contributed by atoms with E-state index in [1.54, 1.807) is 37.3 Å². The maximum atomic E-state index is 13.3. The van der Waals surface area contributed by atoms with Crippen LogP contribution in [-0.4, -0.2) is 45.8 Å². The topological polar surface area (TPSA) is 124 Å². The molecule has 4 aromatic rings. The van der Waals surface area contributed by atoms with Crippen molar-refractivity contribution in [1.29, 1.82) is 0 Å². The monoisotopic (exact) mass is 520 g/mol. The number of rotatable bonds is 4. The van der Waals surface area contributed by atoms with E-state index in [4.69, 9.17) is 4.74 Å². The number of aromatic hydroxyl groups is 2. The van der Waals surface area contributed by atoms with Crippen LogP contribution in [0.1, 0.15) is 47.0 Å². The second-order valence-corrected chi connectivity index (χ2v) is 9.34. The molecule has 4 aromatic carbocycles. The summed E-state index contributed by atoms with van der Waals surface area (Å²) < 4.78 is 5.84. The smallest absolute Gasteiger partial charge is 0.266 e. The molecule has 9 heteroatoms. The summed E-state index contributed by atoms with van der Waals surface area (Å²) in [6.45, 7) is 1.77. The van der Waals surface area contributed by atoms with Crippen LogP contribution in [0.2, 0.25) is 0 Å². The Labute approximate surface area is 222 Å². The summed E-state index contributed by atoms with van der Waals surface area (Å²) in [6, 6.07) is 18.6. The summed E-state index contributed by atoms with van der Waals surface area (Å²) >= 11 is 0. The Kier molecular flexibility index (Phi) is 5.25. The lowest BCUT2D eigenvalue weighted by Crippen LogP contribution is -2.29. The van der Waals surface area contributed by atoms with Crippen molar-refractivity contribution in [1.82, 2.24) is 4.90 Å². The van der Waals surface area contributed by atoms with Gasteiger partial charge in [0.1, 0.15) is 23.0 Å². The minimum absolute atomic E-state index is 0.0228. The first-order valence-corrected chi connectivity index (χ1v) is 11.9. The average Bonchev–Trinajstić information content (AvgIpc) is 3.29. The molecule has 0 saturated heterocycles. The highest BCUT2D eigenvalue weighted by atomic mass is 16.5. The third-order valence-corrected chi connectivity index (χ3v) is 6.91. The van der Waals surface area contributed by atoms with Gasteiger partial charge in [-0.2, -0.15) is 0 Å². The van der Waals surface area contributed by atoms with E-state index in [-0.39, 0.29) is 50.9 Å². The fraction of sp³-hybridized carbons (Fsp3) is 0.0667. The molecule has 0 radical (unpaired) electrons. The SMILES string of the molecule is Cc1ccc(-c2ccc(N3C(=O)c4ccc(Oc5ccc6c(c5)C(=O)N(C)C6=O)cc4C3=O)c(O)c2)cc1O. The number of phenolic OH excluding ortho intramolecular Hbond substituents is 2. The molecule has 6 rings (SSSR count). The lowest BCUT2D eigenvalue weighted by Gasteiger charge is -2.16. The van der Waals surface area contributed by atoms with E-state index in [1.165, 1.54) is 49.5 Å². The minimum Gasteiger partial charge on any atom is -0.508 e. The van der Waals surface area contributed by atoms with Gasteiger partial charge < -0.3 is 14.9 Å². The summed E-state index contributed by atoms with van der Waals surface area (Å²) in [5.41, 5.74) is 2.74. The molecule has 0 unspecified atom stereocenters. The van der Waals surface area contributed by atoms with Crippen molar-refractivity contribution in [2.75, 3.05) is 11.9 Å². The van der Waals surface area contributed by atoms with Gasteiger partial charge in [0.2, 0.25) is 0 Å². The lowest BCUT2D eigenvalue weighted by atomic mass is 10.0. The number of hydrogen-bond donors (Lipinski definition) is 2. The van der Waals surface area contributed by atoms with E-state index in [2.05, 4.69) is 0 Å². The predicted octanol–water partition coefficient (Wildman–Crippen LogP) is 4.89. The Morgan fingerprint density at radius 3 is 1.72 bits per heavy atom. The van der Waals surface area contributed by atoms with Gasteiger partial charge in [0.25, 0.3) is 23.6 Å². The van der Waals surface area contributed by atoms with Gasteiger partial charge in [-0.1, -0.05) is 18.2 Å². The van der Waals surface area contributed by atoms with E-state index in [0.717, 1.165) is 9.80 Å². The van der Waals surface area contributed by atoms with E-state index in [0.29, 0.717) is 16.7 Å². The third kappa shape index (κ3) is 3.71. The van der Waals surface area contributed by atoms with Crippen molar-refractivity contribution in [3.8, 4) is 34.1 Å². The Morgan fingerprint density at radius 2 is 1.10 bits per heavy atom. The number of benzene rings is 4. The fourth-order valence-electron chi connectivity index (χ4n) is 4.72. The Bertz CT molecular complexity index is 1780. The summed E-state index contributed by atoms with van der Waals surface area (Å²) in [7, 11) is 1.40. The van der Waals surface area contributed by atoms with Gasteiger partial charge in [-0.3, -0.25) is 24.1 Å². The van der Waals surface area contributed by atoms with Crippen molar-refractivity contribution in [2.45, 2.75) is 6.92 Å². The molecule has 0 spiro atoms. The Morgan fingerprint density at radius 1 is 0.590 bits per heavy atom. The summed E-state index contributed by atoms with van der Waals surface area (Å²) in [4.78, 5) is 52.8. The van der Waals surface area contributed by atoms with E-state index in [1.807, 2.05) is 0 Å². The van der Waals surface area contributed by atoms with Gasteiger partial charge in [0.05, 0.1) is 27.9 Å². The first-order chi connectivity index (χ1) is 18.6. The summed E-state index contributed by atoms with van der Waals surface area (Å²) in [5.74, 6) is -1.68. The number of aryl methyl sites for hydroxylation is 1. The summed E-state index contributed by atoms with van der Waals surface area (Å²) in [6.07, 6.45) is 0. The normalized spacial score (nSPS) is 14.2. The largest absolute Gasteiger partial charge is 0.508 e. The number of imide groups is 2. The fourth-order valence-corrected chi connectivity index (χ4v) is 4.72. The second kappa shape index (κ2) is 8.56. The minimum atomic E-state index is -0.632. The van der Waals surface area contributed by atoms with Crippen LogP contribution in [0, 0.1) is 6.92 Å². The lowest BCUT2D eigenvalue weighted by molar-refractivity contribution is 0.0692. The summed E-state index contributed by atoms with van der Waals surface area (Å²) in [5, 5.41) is 20.8. The van der Waals surface area contributed by atoms with Crippen molar-refractivity contribution in [3.05, 3.63) is 101 Å². The van der Waals surface area contributed by atoms with Gasteiger partial charge in [0, 0.05) is 7.05 Å². The maximum absolute atomic E-state index is 13.3. The molecule has 0 bridgehead atoms. The third-order valence-electron chi connectivity index (χ3n) is 6.91. The molecule has 0 saturated carbocycles. The number of fused-ring (bicyclic) bond motifs is 2. The van der Waals surface area contributed by atoms with Crippen LogP contribution < -0.4 is 9.64 Å². The average molecular weight is 520 g/mol. The van der Waals surface area contributed by atoms with Crippen LogP contribution in [0.3, 0.4) is 0 Å². The molecule has 2 aliphatic rings. The van der Waals surface area contributed by atoms with Gasteiger partial charge in [-0.05, 0) is 78.2 Å². The molecule has 9 nitrogen and oxygen atoms in total. The Hall–Kier alpha value is -5.44. The van der Waals surface area contributed by atoms with Crippen LogP contribution >= 0.6 is 0 Å². The number of nitrogens with zero attached hydrogens (tertiary/aromatic N) is 2. The molecular weight excluding hydrogens is 500 g/mol. The highest BCUT2D eigenvalue weighted by Gasteiger charge is 2.38. The van der Waals surface area contributed by atoms with Crippen LogP contribution in [0.5, 0.6) is 23.0 Å². The quantitative estimate of drug-likeness (QED) is 0.367. The number of ether oxygens (including phenoxy) is 1. The molecule has 0 aromatic heterocycles. The molecule has 192 valence electrons. The first-order valence-electron chi connectivity index (χ1n) is 11.9. The van der Waals surface area contributed by atoms with E-state index >= 15 is 0 Å². The standard InChI is InChI=1S/C30H20N2O7/c1-15-3-4-16(11-25(15)33)17-5-10-24(26(34)12-17)32-29(37)21-9-7-19(14-23(21)30(32)38)39-18-6-8-20-22(13-18)28(36)31(2)27(20)35/h3-14,33-34H,1-2H3. The van der Waals surface area contributed by atoms with Crippen LogP contribution in [0.15, 0.2) is 72.8 Å². The van der Waals surface area contributed by atoms with Crippen LogP contribution in [0.25, 0.3) is 11.1 Å². The molecule has 39 heavy (non-hydrogen) atoms. The number of carbonyl (C=O) groups is 4. The maximum Gasteiger partial charge on any atom is 0.266 e. The number of anilines is 1. The molecule has 2 N–H and O–H groups in total. The molecule has 4 amide bonds. The van der Waals surface area contributed by atoms with Gasteiger partial charge in [-0.15, -0.1) is 0 Å². The predicted molar refractivity (Wildman–Crippen MR) is 140 cm³/mol. The van der Waals surface area contributed by atoms with Gasteiger partial charge in [0.15, 0.2) is 0 Å². The zero-order valence-corrected chi connectivity index (χ0v) is 20.8. The van der Waals surface area contributed by atoms with Crippen molar-refractivity contribution in [3.63, 3.8) is 0 Å².